The van der Waals surface area contributed by atoms with Gasteiger partial charge in [0.15, 0.2) is 5.79 Å². The van der Waals surface area contributed by atoms with Gasteiger partial charge >= 0.3 is 0 Å². The van der Waals surface area contributed by atoms with Crippen LogP contribution in [0.3, 0.4) is 0 Å². The van der Waals surface area contributed by atoms with Gasteiger partial charge in [-0.25, -0.2) is 0 Å². The van der Waals surface area contributed by atoms with Gasteiger partial charge in [-0.15, -0.1) is 0 Å². The molecule has 0 aromatic rings. The van der Waals surface area contributed by atoms with Crippen molar-refractivity contribution in [1.29, 1.82) is 0 Å². The lowest BCUT2D eigenvalue weighted by Gasteiger charge is -2.16. The Hall–Kier alpha value is -0.120. The Morgan fingerprint density at radius 1 is 1.46 bits per heavy atom. The van der Waals surface area contributed by atoms with Gasteiger partial charge in [0.05, 0.1) is 13.2 Å². The quantitative estimate of drug-likeness (QED) is 0.617. The number of unbranched alkanes of at least 4 members (excludes halogenated alkanes) is 1. The van der Waals surface area contributed by atoms with Crippen molar-refractivity contribution in [2.45, 2.75) is 45.5 Å². The van der Waals surface area contributed by atoms with Gasteiger partial charge in [0, 0.05) is 6.61 Å². The molecule has 3 nitrogen and oxygen atoms in total. The largest absolute Gasteiger partial charge is 0.379 e. The second-order valence-corrected chi connectivity index (χ2v) is 3.88. The Balaban J connectivity index is 2.04. The summed E-state index contributed by atoms with van der Waals surface area (Å²) in [4.78, 5) is 0. The van der Waals surface area contributed by atoms with Crippen molar-refractivity contribution in [2.24, 2.45) is 0 Å². The number of hydrogen-bond acceptors (Lipinski definition) is 3. The maximum atomic E-state index is 5.58. The van der Waals surface area contributed by atoms with Gasteiger partial charge in [-0.05, 0) is 20.3 Å². The molecule has 78 valence electrons. The standard InChI is InChI=1S/C10H20O3/c1-4-5-6-11-7-9-8-12-10(2,3)13-9/h9H,4-8H2,1-3H3/t9-/m0/s1. The van der Waals surface area contributed by atoms with E-state index in [-0.39, 0.29) is 6.10 Å². The molecule has 0 aromatic heterocycles. The molecule has 3 heteroatoms. The van der Waals surface area contributed by atoms with Crippen LogP contribution < -0.4 is 0 Å². The predicted molar refractivity (Wildman–Crippen MR) is 50.6 cm³/mol. The average molecular weight is 188 g/mol. The lowest BCUT2D eigenvalue weighted by atomic mass is 10.3. The Morgan fingerprint density at radius 2 is 2.23 bits per heavy atom. The van der Waals surface area contributed by atoms with Crippen LogP contribution in [-0.2, 0) is 14.2 Å². The van der Waals surface area contributed by atoms with Gasteiger partial charge in [-0.2, -0.15) is 0 Å². The minimum absolute atomic E-state index is 0.117. The number of rotatable bonds is 5. The molecule has 1 heterocycles. The third-order valence-corrected chi connectivity index (χ3v) is 2.01. The smallest absolute Gasteiger partial charge is 0.163 e. The van der Waals surface area contributed by atoms with Gasteiger partial charge in [0.25, 0.3) is 0 Å². The zero-order chi connectivity index (χ0) is 9.73. The minimum atomic E-state index is -0.418. The zero-order valence-electron chi connectivity index (χ0n) is 8.84. The molecule has 13 heavy (non-hydrogen) atoms. The summed E-state index contributed by atoms with van der Waals surface area (Å²) in [5.41, 5.74) is 0. The maximum absolute atomic E-state index is 5.58. The lowest BCUT2D eigenvalue weighted by Crippen LogP contribution is -2.24. The van der Waals surface area contributed by atoms with E-state index in [2.05, 4.69) is 6.92 Å². The van der Waals surface area contributed by atoms with Crippen LogP contribution in [0.5, 0.6) is 0 Å². The Morgan fingerprint density at radius 3 is 2.77 bits per heavy atom. The van der Waals surface area contributed by atoms with Crippen LogP contribution in [0.15, 0.2) is 0 Å². The summed E-state index contributed by atoms with van der Waals surface area (Å²) in [7, 11) is 0. The fourth-order valence-corrected chi connectivity index (χ4v) is 1.31. The van der Waals surface area contributed by atoms with Crippen LogP contribution in [0.25, 0.3) is 0 Å². The van der Waals surface area contributed by atoms with Crippen molar-refractivity contribution < 1.29 is 14.2 Å². The third-order valence-electron chi connectivity index (χ3n) is 2.01. The van der Waals surface area contributed by atoms with Crippen LogP contribution in [0, 0.1) is 0 Å². The molecule has 0 bridgehead atoms. The molecule has 0 aromatic carbocycles. The minimum Gasteiger partial charge on any atom is -0.379 e. The molecule has 0 saturated carbocycles. The molecule has 1 aliphatic rings. The fraction of sp³-hybridized carbons (Fsp3) is 1.00. The van der Waals surface area contributed by atoms with E-state index in [0.29, 0.717) is 13.2 Å². The Bertz CT molecular complexity index is 145. The van der Waals surface area contributed by atoms with E-state index < -0.39 is 5.79 Å². The van der Waals surface area contributed by atoms with E-state index in [9.17, 15) is 0 Å². The molecule has 0 aliphatic carbocycles. The summed E-state index contributed by atoms with van der Waals surface area (Å²) in [6, 6.07) is 0. The van der Waals surface area contributed by atoms with Crippen molar-refractivity contribution >= 4 is 0 Å². The SMILES string of the molecule is CCCCOC[C@H]1COC(C)(C)O1. The third kappa shape index (κ3) is 4.07. The molecule has 1 atom stereocenters. The van der Waals surface area contributed by atoms with Crippen molar-refractivity contribution in [3.8, 4) is 0 Å². The normalized spacial score (nSPS) is 26.5. The van der Waals surface area contributed by atoms with Gasteiger partial charge < -0.3 is 14.2 Å². The molecular weight excluding hydrogens is 168 g/mol. The molecule has 1 aliphatic heterocycles. The molecule has 1 rings (SSSR count). The maximum Gasteiger partial charge on any atom is 0.163 e. The molecule has 1 saturated heterocycles. The molecule has 0 spiro atoms. The summed E-state index contributed by atoms with van der Waals surface area (Å²) >= 11 is 0. The van der Waals surface area contributed by atoms with Crippen molar-refractivity contribution in [3.63, 3.8) is 0 Å². The predicted octanol–water partition coefficient (Wildman–Crippen LogP) is 1.95. The van der Waals surface area contributed by atoms with E-state index in [1.807, 2.05) is 13.8 Å². The first kappa shape index (κ1) is 11.0. The molecule has 0 amide bonds. The summed E-state index contributed by atoms with van der Waals surface area (Å²) in [6.07, 6.45) is 2.41. The molecule has 0 N–H and O–H groups in total. The highest BCUT2D eigenvalue weighted by atomic mass is 16.7. The number of ether oxygens (including phenoxy) is 3. The number of hydrogen-bond donors (Lipinski definition) is 0. The summed E-state index contributed by atoms with van der Waals surface area (Å²) in [5.74, 6) is -0.418. The molecule has 0 radical (unpaired) electrons. The van der Waals surface area contributed by atoms with E-state index >= 15 is 0 Å². The van der Waals surface area contributed by atoms with Gasteiger partial charge in [0.1, 0.15) is 6.10 Å². The highest BCUT2D eigenvalue weighted by Crippen LogP contribution is 2.22. The van der Waals surface area contributed by atoms with Crippen LogP contribution in [-0.4, -0.2) is 31.7 Å². The van der Waals surface area contributed by atoms with Crippen molar-refractivity contribution in [1.82, 2.24) is 0 Å². The van der Waals surface area contributed by atoms with Gasteiger partial charge in [-0.3, -0.25) is 0 Å². The van der Waals surface area contributed by atoms with Crippen LogP contribution in [0.2, 0.25) is 0 Å². The van der Waals surface area contributed by atoms with E-state index in [1.54, 1.807) is 0 Å². The summed E-state index contributed by atoms with van der Waals surface area (Å²) < 4.78 is 16.4. The first-order chi connectivity index (χ1) is 6.14. The van der Waals surface area contributed by atoms with E-state index in [4.69, 9.17) is 14.2 Å². The molecule has 0 unspecified atom stereocenters. The van der Waals surface area contributed by atoms with Crippen LogP contribution >= 0.6 is 0 Å². The molecular formula is C10H20O3. The topological polar surface area (TPSA) is 27.7 Å². The second kappa shape index (κ2) is 4.94. The van der Waals surface area contributed by atoms with Gasteiger partial charge in [-0.1, -0.05) is 13.3 Å². The summed E-state index contributed by atoms with van der Waals surface area (Å²) in [5, 5.41) is 0. The monoisotopic (exact) mass is 188 g/mol. The Kier molecular flexibility index (Phi) is 4.16. The van der Waals surface area contributed by atoms with E-state index in [1.165, 1.54) is 6.42 Å². The highest BCUT2D eigenvalue weighted by molar-refractivity contribution is 4.69. The Labute approximate surface area is 80.4 Å². The first-order valence-corrected chi connectivity index (χ1v) is 5.03. The van der Waals surface area contributed by atoms with E-state index in [0.717, 1.165) is 13.0 Å². The highest BCUT2D eigenvalue weighted by Gasteiger charge is 2.32. The van der Waals surface area contributed by atoms with Gasteiger partial charge in [0.2, 0.25) is 0 Å². The zero-order valence-corrected chi connectivity index (χ0v) is 8.84. The average Bonchev–Trinajstić information content (AvgIpc) is 2.40. The van der Waals surface area contributed by atoms with Crippen molar-refractivity contribution in [3.05, 3.63) is 0 Å². The van der Waals surface area contributed by atoms with Crippen molar-refractivity contribution in [2.75, 3.05) is 19.8 Å². The van der Waals surface area contributed by atoms with Crippen LogP contribution in [0.4, 0.5) is 0 Å². The fourth-order valence-electron chi connectivity index (χ4n) is 1.31. The first-order valence-electron chi connectivity index (χ1n) is 5.03. The second-order valence-electron chi connectivity index (χ2n) is 3.88. The van der Waals surface area contributed by atoms with Crippen LogP contribution in [0.1, 0.15) is 33.6 Å². The molecule has 1 fully saturated rings. The lowest BCUT2D eigenvalue weighted by molar-refractivity contribution is -0.145. The summed E-state index contributed by atoms with van der Waals surface area (Å²) in [6.45, 7) is 8.15.